The van der Waals surface area contributed by atoms with Crippen molar-refractivity contribution in [2.45, 2.75) is 32.7 Å². The molecule has 0 saturated heterocycles. The van der Waals surface area contributed by atoms with Crippen LogP contribution < -0.4 is 10.0 Å². The molecule has 7 nitrogen and oxygen atoms in total. The van der Waals surface area contributed by atoms with E-state index < -0.39 is 21.7 Å². The Hall–Kier alpha value is -3.12. The summed E-state index contributed by atoms with van der Waals surface area (Å²) in [6.45, 7) is 3.94. The monoisotopic (exact) mass is 416 g/mol. The zero-order chi connectivity index (χ0) is 21.3. The van der Waals surface area contributed by atoms with Gasteiger partial charge >= 0.3 is 0 Å². The highest BCUT2D eigenvalue weighted by Gasteiger charge is 2.27. The molecule has 2 N–H and O–H groups in total. The lowest BCUT2D eigenvalue weighted by molar-refractivity contribution is -0.112. The normalized spacial score (nSPS) is 14.4. The standard InChI is InChI=1S/C20H21FN4O3S/c1-12-8-14(13(2)25(12)17-5-6-17)9-15(11-22)20(26)23-16-4-7-18(21)19(10-16)24-29(3,27)28/h4,7-10,17,24H,5-6H2,1-3H3,(H,23,26)/b15-9+. The fourth-order valence-corrected chi connectivity index (χ4v) is 3.78. The summed E-state index contributed by atoms with van der Waals surface area (Å²) in [7, 11) is -3.68. The van der Waals surface area contributed by atoms with Gasteiger partial charge in [-0.1, -0.05) is 0 Å². The summed E-state index contributed by atoms with van der Waals surface area (Å²) in [4.78, 5) is 12.5. The second-order valence-corrected chi connectivity index (χ2v) is 8.87. The topological polar surface area (TPSA) is 104 Å². The molecule has 0 unspecified atom stereocenters. The number of carbonyl (C=O) groups excluding carboxylic acids is 1. The van der Waals surface area contributed by atoms with Crippen molar-refractivity contribution in [2.75, 3.05) is 16.3 Å². The molecular weight excluding hydrogens is 395 g/mol. The molecule has 1 amide bonds. The van der Waals surface area contributed by atoms with Gasteiger partial charge in [0.25, 0.3) is 5.91 Å². The molecule has 29 heavy (non-hydrogen) atoms. The van der Waals surface area contributed by atoms with Gasteiger partial charge in [0.2, 0.25) is 10.0 Å². The van der Waals surface area contributed by atoms with Crippen LogP contribution in [0.1, 0.15) is 35.8 Å². The van der Waals surface area contributed by atoms with E-state index in [-0.39, 0.29) is 16.9 Å². The Morgan fingerprint density at radius 1 is 1.31 bits per heavy atom. The summed E-state index contributed by atoms with van der Waals surface area (Å²) in [5.74, 6) is -1.45. The first kappa shape index (κ1) is 20.6. The number of amides is 1. The van der Waals surface area contributed by atoms with Crippen molar-refractivity contribution < 1.29 is 17.6 Å². The molecule has 152 valence electrons. The Morgan fingerprint density at radius 3 is 2.59 bits per heavy atom. The zero-order valence-corrected chi connectivity index (χ0v) is 17.1. The fourth-order valence-electron chi connectivity index (χ4n) is 3.23. The largest absolute Gasteiger partial charge is 0.346 e. The molecule has 2 aromatic rings. The van der Waals surface area contributed by atoms with Crippen LogP contribution in [0.2, 0.25) is 0 Å². The highest BCUT2D eigenvalue weighted by atomic mass is 32.2. The summed E-state index contributed by atoms with van der Waals surface area (Å²) in [5, 5.41) is 11.9. The smallest absolute Gasteiger partial charge is 0.266 e. The average Bonchev–Trinajstić information content (AvgIpc) is 3.40. The molecule has 1 heterocycles. The predicted molar refractivity (Wildman–Crippen MR) is 109 cm³/mol. The molecule has 1 aromatic heterocycles. The Kier molecular flexibility index (Phi) is 5.48. The van der Waals surface area contributed by atoms with Crippen molar-refractivity contribution in [3.8, 4) is 6.07 Å². The third-order valence-electron chi connectivity index (χ3n) is 4.62. The Bertz CT molecular complexity index is 1160. The number of hydrogen-bond acceptors (Lipinski definition) is 4. The molecule has 3 rings (SSSR count). The van der Waals surface area contributed by atoms with Crippen LogP contribution in [0, 0.1) is 31.0 Å². The summed E-state index contributed by atoms with van der Waals surface area (Å²) >= 11 is 0. The lowest BCUT2D eigenvalue weighted by atomic mass is 10.1. The maximum absolute atomic E-state index is 13.8. The number of aryl methyl sites for hydroxylation is 1. The molecule has 0 aliphatic heterocycles. The number of sulfonamides is 1. The molecule has 0 atom stereocenters. The highest BCUT2D eigenvalue weighted by Crippen LogP contribution is 2.38. The molecule has 0 bridgehead atoms. The quantitative estimate of drug-likeness (QED) is 0.555. The van der Waals surface area contributed by atoms with E-state index in [2.05, 4.69) is 9.88 Å². The van der Waals surface area contributed by atoms with Gasteiger partial charge in [-0.05, 0) is 62.6 Å². The maximum atomic E-state index is 13.8. The third kappa shape index (κ3) is 4.84. The van der Waals surface area contributed by atoms with Gasteiger partial charge in [0.15, 0.2) is 0 Å². The number of carbonyl (C=O) groups is 1. The summed E-state index contributed by atoms with van der Waals surface area (Å²) in [6.07, 6.45) is 4.67. The lowest BCUT2D eigenvalue weighted by Crippen LogP contribution is -2.15. The minimum atomic E-state index is -3.68. The third-order valence-corrected chi connectivity index (χ3v) is 5.21. The molecular formula is C20H21FN4O3S. The number of halogens is 1. The van der Waals surface area contributed by atoms with Gasteiger partial charge in [0.1, 0.15) is 17.5 Å². The van der Waals surface area contributed by atoms with E-state index in [0.717, 1.165) is 48.2 Å². The summed E-state index contributed by atoms with van der Waals surface area (Å²) in [5.41, 5.74) is 2.62. The molecule has 0 radical (unpaired) electrons. The van der Waals surface area contributed by atoms with Crippen molar-refractivity contribution in [2.24, 2.45) is 0 Å². The molecule has 1 aromatic carbocycles. The number of nitrogens with zero attached hydrogens (tertiary/aromatic N) is 2. The number of nitrogens with one attached hydrogen (secondary N) is 2. The van der Waals surface area contributed by atoms with Crippen LogP contribution in [0.5, 0.6) is 0 Å². The summed E-state index contributed by atoms with van der Waals surface area (Å²) < 4.78 is 40.7. The first-order valence-corrected chi connectivity index (χ1v) is 10.9. The van der Waals surface area contributed by atoms with E-state index in [1.165, 1.54) is 12.1 Å². The highest BCUT2D eigenvalue weighted by molar-refractivity contribution is 7.92. The molecule has 1 saturated carbocycles. The Balaban J connectivity index is 1.84. The van der Waals surface area contributed by atoms with Gasteiger partial charge < -0.3 is 9.88 Å². The lowest BCUT2D eigenvalue weighted by Gasteiger charge is -2.09. The van der Waals surface area contributed by atoms with Gasteiger partial charge in [-0.15, -0.1) is 0 Å². The van der Waals surface area contributed by atoms with Gasteiger partial charge in [-0.3, -0.25) is 9.52 Å². The summed E-state index contributed by atoms with van der Waals surface area (Å²) in [6, 6.07) is 7.78. The Morgan fingerprint density at radius 2 is 2.00 bits per heavy atom. The SMILES string of the molecule is Cc1cc(/C=C(\C#N)C(=O)Nc2ccc(F)c(NS(C)(=O)=O)c2)c(C)n1C1CC1. The van der Waals surface area contributed by atoms with Crippen LogP contribution >= 0.6 is 0 Å². The number of hydrogen-bond donors (Lipinski definition) is 2. The first-order chi connectivity index (χ1) is 13.6. The van der Waals surface area contributed by atoms with Crippen LogP contribution in [-0.2, 0) is 14.8 Å². The maximum Gasteiger partial charge on any atom is 0.266 e. The number of anilines is 2. The average molecular weight is 416 g/mol. The van der Waals surface area contributed by atoms with Crippen LogP contribution in [0.3, 0.4) is 0 Å². The number of nitriles is 1. The minimum Gasteiger partial charge on any atom is -0.346 e. The number of benzene rings is 1. The Labute approximate surface area is 168 Å². The van der Waals surface area contributed by atoms with Gasteiger partial charge in [-0.25, -0.2) is 12.8 Å². The minimum absolute atomic E-state index is 0.108. The van der Waals surface area contributed by atoms with E-state index in [1.807, 2.05) is 30.7 Å². The molecule has 9 heteroatoms. The van der Waals surface area contributed by atoms with Crippen molar-refractivity contribution >= 4 is 33.4 Å². The molecule has 0 spiro atoms. The molecule has 1 aliphatic carbocycles. The van der Waals surface area contributed by atoms with Crippen molar-refractivity contribution in [3.63, 3.8) is 0 Å². The van der Waals surface area contributed by atoms with Crippen molar-refractivity contribution in [1.82, 2.24) is 4.57 Å². The van der Waals surface area contributed by atoms with Crippen LogP contribution in [0.25, 0.3) is 6.08 Å². The number of aromatic nitrogens is 1. The molecule has 1 aliphatic rings. The van der Waals surface area contributed by atoms with Gasteiger partial charge in [0.05, 0.1) is 11.9 Å². The second kappa shape index (κ2) is 7.72. The number of rotatable bonds is 6. The second-order valence-electron chi connectivity index (χ2n) is 7.12. The first-order valence-electron chi connectivity index (χ1n) is 8.98. The van der Waals surface area contributed by atoms with E-state index in [9.17, 15) is 22.9 Å². The van der Waals surface area contributed by atoms with E-state index in [1.54, 1.807) is 0 Å². The van der Waals surface area contributed by atoms with Crippen LogP contribution in [-0.4, -0.2) is 25.1 Å². The van der Waals surface area contributed by atoms with Crippen LogP contribution in [0.4, 0.5) is 15.8 Å². The molecule has 1 fully saturated rings. The van der Waals surface area contributed by atoms with Crippen molar-refractivity contribution in [1.29, 1.82) is 5.26 Å². The van der Waals surface area contributed by atoms with E-state index >= 15 is 0 Å². The fraction of sp³-hybridized carbons (Fsp3) is 0.300. The van der Waals surface area contributed by atoms with Gasteiger partial charge in [-0.2, -0.15) is 5.26 Å². The van der Waals surface area contributed by atoms with Crippen LogP contribution in [0.15, 0.2) is 29.8 Å². The van der Waals surface area contributed by atoms with E-state index in [0.29, 0.717) is 6.04 Å². The van der Waals surface area contributed by atoms with Crippen molar-refractivity contribution in [3.05, 3.63) is 52.6 Å². The van der Waals surface area contributed by atoms with E-state index in [4.69, 9.17) is 0 Å². The van der Waals surface area contributed by atoms with Gasteiger partial charge in [0, 0.05) is 23.1 Å². The predicted octanol–water partition coefficient (Wildman–Crippen LogP) is 3.50. The zero-order valence-electron chi connectivity index (χ0n) is 16.3.